The minimum absolute atomic E-state index is 0.199. The van der Waals surface area contributed by atoms with Crippen LogP contribution in [-0.2, 0) is 17.6 Å². The van der Waals surface area contributed by atoms with Crippen LogP contribution in [0.2, 0.25) is 0 Å². The van der Waals surface area contributed by atoms with Crippen molar-refractivity contribution in [3.8, 4) is 6.07 Å². The molecule has 31 heavy (non-hydrogen) atoms. The maximum atomic E-state index is 13.2. The van der Waals surface area contributed by atoms with E-state index in [0.717, 1.165) is 16.0 Å². The van der Waals surface area contributed by atoms with Gasteiger partial charge in [0.15, 0.2) is 0 Å². The van der Waals surface area contributed by atoms with Crippen LogP contribution < -0.4 is 5.32 Å². The first-order valence-electron chi connectivity index (χ1n) is 9.86. The number of nitriles is 1. The molecule has 1 aliphatic rings. The zero-order chi connectivity index (χ0) is 21.8. The fourth-order valence-corrected chi connectivity index (χ4v) is 3.65. The minimum atomic E-state index is -1.01. The zero-order valence-electron chi connectivity index (χ0n) is 16.6. The van der Waals surface area contributed by atoms with Crippen molar-refractivity contribution in [1.82, 2.24) is 4.90 Å². The predicted molar refractivity (Wildman–Crippen MR) is 115 cm³/mol. The van der Waals surface area contributed by atoms with Crippen molar-refractivity contribution in [1.29, 1.82) is 5.26 Å². The van der Waals surface area contributed by atoms with Gasteiger partial charge in [-0.05, 0) is 35.4 Å². The van der Waals surface area contributed by atoms with Crippen LogP contribution in [0.1, 0.15) is 31.8 Å². The number of benzene rings is 3. The highest BCUT2D eigenvalue weighted by molar-refractivity contribution is 6.23. The first-order chi connectivity index (χ1) is 15.1. The van der Waals surface area contributed by atoms with Crippen molar-refractivity contribution in [2.45, 2.75) is 18.9 Å². The second-order valence-electron chi connectivity index (χ2n) is 7.25. The van der Waals surface area contributed by atoms with E-state index < -0.39 is 23.8 Å². The van der Waals surface area contributed by atoms with E-state index in [1.165, 1.54) is 0 Å². The fraction of sp³-hybridized carbons (Fsp3) is 0.120. The maximum Gasteiger partial charge on any atom is 0.262 e. The highest BCUT2D eigenvalue weighted by Gasteiger charge is 2.42. The summed E-state index contributed by atoms with van der Waals surface area (Å²) in [7, 11) is 0. The monoisotopic (exact) mass is 409 g/mol. The summed E-state index contributed by atoms with van der Waals surface area (Å²) in [4.78, 5) is 40.3. The highest BCUT2D eigenvalue weighted by atomic mass is 16.2. The van der Waals surface area contributed by atoms with Gasteiger partial charge in [0.2, 0.25) is 5.91 Å². The summed E-state index contributed by atoms with van der Waals surface area (Å²) in [6.45, 7) is 0. The normalized spacial score (nSPS) is 13.5. The molecule has 1 N–H and O–H groups in total. The van der Waals surface area contributed by atoms with Gasteiger partial charge in [0, 0.05) is 12.1 Å². The average molecular weight is 409 g/mol. The topological polar surface area (TPSA) is 90.3 Å². The molecule has 6 heteroatoms. The van der Waals surface area contributed by atoms with E-state index in [2.05, 4.69) is 11.4 Å². The third-order valence-electron chi connectivity index (χ3n) is 5.22. The van der Waals surface area contributed by atoms with Gasteiger partial charge < -0.3 is 5.32 Å². The number of amides is 3. The van der Waals surface area contributed by atoms with E-state index in [0.29, 0.717) is 16.8 Å². The second-order valence-corrected chi connectivity index (χ2v) is 7.25. The van der Waals surface area contributed by atoms with E-state index in [1.807, 2.05) is 30.3 Å². The molecule has 0 fully saturated rings. The molecule has 0 radical (unpaired) electrons. The molecule has 0 bridgehead atoms. The molecule has 1 atom stereocenters. The zero-order valence-corrected chi connectivity index (χ0v) is 16.6. The van der Waals surface area contributed by atoms with Gasteiger partial charge in [-0.2, -0.15) is 5.26 Å². The Kier molecular flexibility index (Phi) is 5.59. The molecule has 0 saturated carbocycles. The number of anilines is 1. The molecule has 3 amide bonds. The second kappa shape index (κ2) is 8.64. The Hall–Kier alpha value is -4.24. The van der Waals surface area contributed by atoms with Crippen molar-refractivity contribution in [2.75, 3.05) is 5.32 Å². The highest BCUT2D eigenvalue weighted by Crippen LogP contribution is 2.26. The first kappa shape index (κ1) is 20.0. The molecule has 0 aromatic heterocycles. The molecule has 0 spiro atoms. The Labute approximate surface area is 179 Å². The van der Waals surface area contributed by atoms with Crippen molar-refractivity contribution in [2.24, 2.45) is 0 Å². The molecule has 4 rings (SSSR count). The predicted octanol–water partition coefficient (Wildman–Crippen LogP) is 3.60. The quantitative estimate of drug-likeness (QED) is 0.630. The van der Waals surface area contributed by atoms with Crippen LogP contribution in [0.3, 0.4) is 0 Å². The number of nitrogens with one attached hydrogen (secondary N) is 1. The third-order valence-corrected chi connectivity index (χ3v) is 5.22. The largest absolute Gasteiger partial charge is 0.324 e. The van der Waals surface area contributed by atoms with Crippen molar-refractivity contribution in [3.05, 3.63) is 101 Å². The smallest absolute Gasteiger partial charge is 0.262 e. The van der Waals surface area contributed by atoms with Crippen molar-refractivity contribution in [3.63, 3.8) is 0 Å². The van der Waals surface area contributed by atoms with Gasteiger partial charge in [-0.3, -0.25) is 19.3 Å². The lowest BCUT2D eigenvalue weighted by Crippen LogP contribution is -2.48. The molecule has 152 valence electrons. The summed E-state index contributed by atoms with van der Waals surface area (Å²) >= 11 is 0. The molecule has 0 aliphatic carbocycles. The van der Waals surface area contributed by atoms with Gasteiger partial charge >= 0.3 is 0 Å². The lowest BCUT2D eigenvalue weighted by Gasteiger charge is -2.25. The Bertz CT molecular complexity index is 1150. The number of nitrogens with zero attached hydrogens (tertiary/aromatic N) is 2. The van der Waals surface area contributed by atoms with E-state index in [4.69, 9.17) is 5.26 Å². The van der Waals surface area contributed by atoms with Crippen LogP contribution in [-0.4, -0.2) is 28.7 Å². The van der Waals surface area contributed by atoms with Crippen LogP contribution in [0, 0.1) is 11.3 Å². The third kappa shape index (κ3) is 4.07. The molecule has 1 unspecified atom stereocenters. The van der Waals surface area contributed by atoms with Gasteiger partial charge in [-0.25, -0.2) is 0 Å². The number of hydrogen-bond donors (Lipinski definition) is 1. The summed E-state index contributed by atoms with van der Waals surface area (Å²) in [5.74, 6) is -1.39. The summed E-state index contributed by atoms with van der Waals surface area (Å²) in [6.07, 6.45) is 0.477. The summed E-state index contributed by atoms with van der Waals surface area (Å²) in [5, 5.41) is 11.6. The lowest BCUT2D eigenvalue weighted by molar-refractivity contribution is -0.119. The minimum Gasteiger partial charge on any atom is -0.324 e. The maximum absolute atomic E-state index is 13.2. The first-order valence-corrected chi connectivity index (χ1v) is 9.86. The Morgan fingerprint density at radius 1 is 0.839 bits per heavy atom. The molecule has 3 aromatic carbocycles. The molecule has 6 nitrogen and oxygen atoms in total. The standard InChI is InChI=1S/C25H19N3O3/c26-15-14-17-10-12-19(13-11-17)27-23(29)22(16-18-6-2-1-3-7-18)28-24(30)20-8-4-5-9-21(20)25(28)31/h1-13,22H,14,16H2,(H,27,29). The number of rotatable bonds is 6. The lowest BCUT2D eigenvalue weighted by atomic mass is 10.0. The van der Waals surface area contributed by atoms with Crippen molar-refractivity contribution >= 4 is 23.4 Å². The Balaban J connectivity index is 1.63. The summed E-state index contributed by atoms with van der Waals surface area (Å²) in [6, 6.07) is 23.8. The van der Waals surface area contributed by atoms with E-state index in [9.17, 15) is 14.4 Å². The SMILES string of the molecule is N#CCc1ccc(NC(=O)C(Cc2ccccc2)N2C(=O)c3ccccc3C2=O)cc1. The van der Waals surface area contributed by atoms with Gasteiger partial charge in [0.1, 0.15) is 6.04 Å². The van der Waals surface area contributed by atoms with E-state index in [-0.39, 0.29) is 12.8 Å². The number of imide groups is 1. The number of hydrogen-bond acceptors (Lipinski definition) is 4. The molecular formula is C25H19N3O3. The molecule has 1 aliphatic heterocycles. The van der Waals surface area contributed by atoms with Crippen LogP contribution >= 0.6 is 0 Å². The number of fused-ring (bicyclic) bond motifs is 1. The molecular weight excluding hydrogens is 390 g/mol. The number of carbonyl (C=O) groups excluding carboxylic acids is 3. The van der Waals surface area contributed by atoms with Crippen LogP contribution in [0.25, 0.3) is 0 Å². The molecule has 0 saturated heterocycles. The van der Waals surface area contributed by atoms with Crippen LogP contribution in [0.15, 0.2) is 78.9 Å². The molecule has 1 heterocycles. The van der Waals surface area contributed by atoms with E-state index in [1.54, 1.807) is 48.5 Å². The van der Waals surface area contributed by atoms with Gasteiger partial charge in [-0.15, -0.1) is 0 Å². The summed E-state index contributed by atoms with van der Waals surface area (Å²) < 4.78 is 0. The summed E-state index contributed by atoms with van der Waals surface area (Å²) in [5.41, 5.74) is 2.81. The average Bonchev–Trinajstić information content (AvgIpc) is 3.05. The van der Waals surface area contributed by atoms with Gasteiger partial charge in [0.25, 0.3) is 11.8 Å². The molecule has 3 aromatic rings. The van der Waals surface area contributed by atoms with Crippen LogP contribution in [0.4, 0.5) is 5.69 Å². The Morgan fingerprint density at radius 2 is 1.42 bits per heavy atom. The van der Waals surface area contributed by atoms with Crippen molar-refractivity contribution < 1.29 is 14.4 Å². The van der Waals surface area contributed by atoms with Gasteiger partial charge in [-0.1, -0.05) is 54.6 Å². The Morgan fingerprint density at radius 3 is 2.00 bits per heavy atom. The fourth-order valence-electron chi connectivity index (χ4n) is 3.65. The van der Waals surface area contributed by atoms with E-state index >= 15 is 0 Å². The van der Waals surface area contributed by atoms with Gasteiger partial charge in [0.05, 0.1) is 23.6 Å². The number of carbonyl (C=O) groups is 3. The van der Waals surface area contributed by atoms with Crippen LogP contribution in [0.5, 0.6) is 0 Å².